The third-order valence-electron chi connectivity index (χ3n) is 5.88. The van der Waals surface area contributed by atoms with Crippen LogP contribution >= 0.6 is 11.8 Å². The van der Waals surface area contributed by atoms with Crippen LogP contribution in [0.25, 0.3) is 17.1 Å². The van der Waals surface area contributed by atoms with E-state index < -0.39 is 0 Å². The molecule has 0 unspecified atom stereocenters. The summed E-state index contributed by atoms with van der Waals surface area (Å²) in [5, 5.41) is 12.8. The summed E-state index contributed by atoms with van der Waals surface area (Å²) in [5.74, 6) is 3.26. The Morgan fingerprint density at radius 2 is 1.91 bits per heavy atom. The molecule has 1 aromatic carbocycles. The van der Waals surface area contributed by atoms with Crippen LogP contribution in [0.5, 0.6) is 5.75 Å². The van der Waals surface area contributed by atoms with E-state index in [-0.39, 0.29) is 5.91 Å². The van der Waals surface area contributed by atoms with Gasteiger partial charge in [0.05, 0.1) is 12.4 Å². The average Bonchev–Trinajstić information content (AvgIpc) is 3.75. The van der Waals surface area contributed by atoms with Crippen molar-refractivity contribution in [1.29, 1.82) is 0 Å². The molecule has 2 aromatic heterocycles. The van der Waals surface area contributed by atoms with Crippen LogP contribution in [0, 0.1) is 11.8 Å². The summed E-state index contributed by atoms with van der Waals surface area (Å²) in [4.78, 5) is 16.9. The number of carbonyl (C=O) groups excluding carboxylic acids is 1. The van der Waals surface area contributed by atoms with Crippen molar-refractivity contribution in [3.63, 3.8) is 0 Å². The van der Waals surface area contributed by atoms with Gasteiger partial charge in [-0.15, -0.1) is 10.2 Å². The second-order valence-corrected chi connectivity index (χ2v) is 9.31. The number of hydrogen-bond acceptors (Lipinski definition) is 6. The molecule has 2 aliphatic rings. The van der Waals surface area contributed by atoms with E-state index in [4.69, 9.17) is 4.74 Å². The fraction of sp³-hybridized carbons (Fsp3) is 0.417. The zero-order valence-electron chi connectivity index (χ0n) is 18.1. The smallest absolute Gasteiger partial charge is 0.230 e. The quantitative estimate of drug-likeness (QED) is 0.469. The van der Waals surface area contributed by atoms with Gasteiger partial charge in [0.1, 0.15) is 5.75 Å². The summed E-state index contributed by atoms with van der Waals surface area (Å²) in [6.07, 6.45) is 8.48. The molecule has 2 fully saturated rings. The molecule has 5 rings (SSSR count). The summed E-state index contributed by atoms with van der Waals surface area (Å²) >= 11 is 1.41. The van der Waals surface area contributed by atoms with Crippen LogP contribution in [0.3, 0.4) is 0 Å². The lowest BCUT2D eigenvalue weighted by Gasteiger charge is -2.17. The molecular weight excluding hydrogens is 422 g/mol. The minimum atomic E-state index is 0.0722. The summed E-state index contributed by atoms with van der Waals surface area (Å²) < 4.78 is 7.56. The van der Waals surface area contributed by atoms with Gasteiger partial charge in [0.15, 0.2) is 11.0 Å². The normalized spacial score (nSPS) is 15.7. The minimum absolute atomic E-state index is 0.0722. The lowest BCUT2D eigenvalue weighted by molar-refractivity contribution is -0.119. The highest BCUT2D eigenvalue weighted by Crippen LogP contribution is 2.44. The molecule has 0 saturated heterocycles. The Labute approximate surface area is 192 Å². The number of pyridine rings is 1. The van der Waals surface area contributed by atoms with E-state index >= 15 is 0 Å². The monoisotopic (exact) mass is 449 g/mol. The highest BCUT2D eigenvalue weighted by Gasteiger charge is 2.42. The number of ether oxygens (including phenoxy) is 1. The highest BCUT2D eigenvalue weighted by molar-refractivity contribution is 7.99. The molecular formula is C24H27N5O2S. The Morgan fingerprint density at radius 3 is 2.53 bits per heavy atom. The van der Waals surface area contributed by atoms with Crippen molar-refractivity contribution >= 4 is 17.7 Å². The van der Waals surface area contributed by atoms with E-state index in [1.807, 2.05) is 47.9 Å². The van der Waals surface area contributed by atoms with Crippen LogP contribution < -0.4 is 10.1 Å². The third-order valence-corrected chi connectivity index (χ3v) is 6.81. The largest absolute Gasteiger partial charge is 0.494 e. The van der Waals surface area contributed by atoms with Gasteiger partial charge < -0.3 is 10.1 Å². The number of hydrogen-bond donors (Lipinski definition) is 1. The molecule has 2 saturated carbocycles. The third kappa shape index (κ3) is 4.80. The molecule has 166 valence electrons. The maximum absolute atomic E-state index is 12.7. The van der Waals surface area contributed by atoms with Crippen molar-refractivity contribution in [3.05, 3.63) is 48.8 Å². The molecule has 2 heterocycles. The predicted molar refractivity (Wildman–Crippen MR) is 124 cm³/mol. The zero-order chi connectivity index (χ0) is 21.9. The maximum atomic E-state index is 12.7. The first-order chi connectivity index (χ1) is 15.7. The number of thioether (sulfide) groups is 1. The summed E-state index contributed by atoms with van der Waals surface area (Å²) in [6, 6.07) is 12.0. The lowest BCUT2D eigenvalue weighted by Crippen LogP contribution is -2.39. The Morgan fingerprint density at radius 1 is 1.16 bits per heavy atom. The number of amides is 1. The molecule has 0 spiro atoms. The Hall–Kier alpha value is -2.87. The van der Waals surface area contributed by atoms with Gasteiger partial charge in [-0.1, -0.05) is 11.8 Å². The fourth-order valence-corrected chi connectivity index (χ4v) is 4.79. The molecule has 0 aliphatic heterocycles. The first-order valence-electron chi connectivity index (χ1n) is 11.2. The van der Waals surface area contributed by atoms with Crippen molar-refractivity contribution in [2.24, 2.45) is 11.8 Å². The van der Waals surface area contributed by atoms with Crippen molar-refractivity contribution in [3.8, 4) is 22.8 Å². The standard InChI is InChI=1S/C24H27N5O2S/c1-2-31-20-11-9-19(10-12-20)29-23(18-4-3-13-25-14-18)27-28-24(29)32-15-21(30)26-22(16-5-6-16)17-7-8-17/h3-4,9-14,16-17,22H,2,5-8,15H2,1H3,(H,26,30). The van der Waals surface area contributed by atoms with E-state index in [0.29, 0.717) is 41.2 Å². The molecule has 2 aliphatic carbocycles. The van der Waals surface area contributed by atoms with Crippen molar-refractivity contribution < 1.29 is 9.53 Å². The number of aromatic nitrogens is 4. The van der Waals surface area contributed by atoms with E-state index in [1.165, 1.54) is 37.4 Å². The summed E-state index contributed by atoms with van der Waals surface area (Å²) in [5.41, 5.74) is 1.78. The van der Waals surface area contributed by atoms with Gasteiger partial charge in [0, 0.05) is 29.7 Å². The zero-order valence-corrected chi connectivity index (χ0v) is 18.9. The van der Waals surface area contributed by atoms with Gasteiger partial charge in [-0.2, -0.15) is 0 Å². The molecule has 1 N–H and O–H groups in total. The van der Waals surface area contributed by atoms with Crippen LogP contribution in [0.1, 0.15) is 32.6 Å². The summed E-state index contributed by atoms with van der Waals surface area (Å²) in [6.45, 7) is 2.58. The molecule has 8 heteroatoms. The Kier molecular flexibility index (Phi) is 6.12. The van der Waals surface area contributed by atoms with Gasteiger partial charge in [-0.05, 0) is 80.8 Å². The van der Waals surface area contributed by atoms with E-state index in [0.717, 1.165) is 17.0 Å². The number of nitrogens with one attached hydrogen (secondary N) is 1. The fourth-order valence-electron chi connectivity index (χ4n) is 4.03. The number of carbonyl (C=O) groups is 1. The second kappa shape index (κ2) is 9.32. The predicted octanol–water partition coefficient (Wildman–Crippen LogP) is 4.12. The molecule has 0 radical (unpaired) electrons. The second-order valence-electron chi connectivity index (χ2n) is 8.37. The van der Waals surface area contributed by atoms with Crippen LogP contribution in [0.15, 0.2) is 53.9 Å². The molecule has 0 bridgehead atoms. The van der Waals surface area contributed by atoms with Crippen LogP contribution in [0.2, 0.25) is 0 Å². The molecule has 0 atom stereocenters. The minimum Gasteiger partial charge on any atom is -0.494 e. The number of benzene rings is 1. The van der Waals surface area contributed by atoms with Gasteiger partial charge in [-0.3, -0.25) is 14.3 Å². The average molecular weight is 450 g/mol. The molecule has 3 aromatic rings. The number of rotatable bonds is 10. The number of nitrogens with zero attached hydrogens (tertiary/aromatic N) is 4. The van der Waals surface area contributed by atoms with Gasteiger partial charge in [0.25, 0.3) is 0 Å². The molecule has 1 amide bonds. The van der Waals surface area contributed by atoms with Gasteiger partial charge in [-0.25, -0.2) is 0 Å². The molecule has 32 heavy (non-hydrogen) atoms. The Bertz CT molecular complexity index is 1050. The van der Waals surface area contributed by atoms with Crippen molar-refractivity contribution in [2.75, 3.05) is 12.4 Å². The first kappa shape index (κ1) is 21.0. The van der Waals surface area contributed by atoms with Gasteiger partial charge in [0.2, 0.25) is 5.91 Å². The van der Waals surface area contributed by atoms with Crippen LogP contribution in [-0.4, -0.2) is 44.1 Å². The van der Waals surface area contributed by atoms with Crippen molar-refractivity contribution in [2.45, 2.75) is 43.8 Å². The van der Waals surface area contributed by atoms with Gasteiger partial charge >= 0.3 is 0 Å². The first-order valence-corrected chi connectivity index (χ1v) is 12.2. The highest BCUT2D eigenvalue weighted by atomic mass is 32.2. The maximum Gasteiger partial charge on any atom is 0.230 e. The lowest BCUT2D eigenvalue weighted by atomic mass is 10.1. The SMILES string of the molecule is CCOc1ccc(-n2c(SCC(=O)NC(C3CC3)C3CC3)nnc2-c2cccnc2)cc1. The van der Waals surface area contributed by atoms with Crippen molar-refractivity contribution in [1.82, 2.24) is 25.1 Å². The van der Waals surface area contributed by atoms with Crippen LogP contribution in [-0.2, 0) is 4.79 Å². The summed E-state index contributed by atoms with van der Waals surface area (Å²) in [7, 11) is 0. The Balaban J connectivity index is 1.36. The van der Waals surface area contributed by atoms with E-state index in [9.17, 15) is 4.79 Å². The van der Waals surface area contributed by atoms with E-state index in [1.54, 1.807) is 12.4 Å². The van der Waals surface area contributed by atoms with E-state index in [2.05, 4.69) is 20.5 Å². The molecule has 7 nitrogen and oxygen atoms in total. The topological polar surface area (TPSA) is 81.9 Å². The van der Waals surface area contributed by atoms with Crippen LogP contribution in [0.4, 0.5) is 0 Å².